The topological polar surface area (TPSA) is 9.23 Å². The summed E-state index contributed by atoms with van der Waals surface area (Å²) < 4.78 is 5.42. The van der Waals surface area contributed by atoms with Gasteiger partial charge in [-0.2, -0.15) is 0 Å². The van der Waals surface area contributed by atoms with Gasteiger partial charge in [0.25, 0.3) is 0 Å². The third kappa shape index (κ3) is 3.58. The first kappa shape index (κ1) is 11.4. The molecule has 0 bridgehead atoms. The summed E-state index contributed by atoms with van der Waals surface area (Å²) in [5, 5.41) is 1.00. The number of aryl methyl sites for hydroxylation is 1. The van der Waals surface area contributed by atoms with E-state index >= 15 is 0 Å². The minimum absolute atomic E-state index is 0.886. The first-order valence-electron chi connectivity index (χ1n) is 4.90. The van der Waals surface area contributed by atoms with Gasteiger partial charge in [-0.3, -0.25) is 0 Å². The molecule has 0 amide bonds. The summed E-state index contributed by atoms with van der Waals surface area (Å²) >= 11 is 2.54. The van der Waals surface area contributed by atoms with E-state index in [0.717, 1.165) is 24.1 Å². The van der Waals surface area contributed by atoms with E-state index in [1.807, 2.05) is 18.2 Å². The fraction of sp³-hybridized carbons (Fsp3) is 0.333. The van der Waals surface area contributed by atoms with Crippen LogP contribution in [0.5, 0.6) is 5.75 Å². The number of hydrogen-bond donors (Lipinski definition) is 0. The Kier molecular flexibility index (Phi) is 5.44. The lowest BCUT2D eigenvalue weighted by Gasteiger charge is -2.15. The molecular weight excluding hydrogens is 187 g/mol. The van der Waals surface area contributed by atoms with Crippen molar-refractivity contribution in [2.45, 2.75) is 18.1 Å². The molecule has 1 aliphatic rings. The van der Waals surface area contributed by atoms with Gasteiger partial charge in [0.05, 0.1) is 6.61 Å². The summed E-state index contributed by atoms with van der Waals surface area (Å²) in [5.74, 6) is 1.08. The number of para-hydroxylation sites is 1. The molecule has 1 aromatic carbocycles. The van der Waals surface area contributed by atoms with Gasteiger partial charge in [-0.1, -0.05) is 18.2 Å². The smallest absolute Gasteiger partial charge is 0.124 e. The summed E-state index contributed by atoms with van der Waals surface area (Å²) in [6.45, 7) is 4.34. The number of rotatable bonds is 1. The average molecular weight is 202 g/mol. The van der Waals surface area contributed by atoms with E-state index in [9.17, 15) is 0 Å². The number of benzene rings is 1. The van der Waals surface area contributed by atoms with Crippen molar-refractivity contribution in [2.75, 3.05) is 6.61 Å². The zero-order valence-electron chi connectivity index (χ0n) is 8.41. The maximum absolute atomic E-state index is 5.42. The SMILES string of the molecule is C=C[CH2][Al].c1ccc2c(c1)CCCO2. The Hall–Kier alpha value is -0.708. The van der Waals surface area contributed by atoms with E-state index in [0.29, 0.717) is 0 Å². The molecule has 0 saturated carbocycles. The number of allylic oxidation sites excluding steroid dienone is 1. The van der Waals surface area contributed by atoms with E-state index in [2.05, 4.69) is 35.0 Å². The highest BCUT2D eigenvalue weighted by molar-refractivity contribution is 6.09. The lowest BCUT2D eigenvalue weighted by atomic mass is 10.1. The highest BCUT2D eigenvalue weighted by atomic mass is 27.0. The van der Waals surface area contributed by atoms with Crippen molar-refractivity contribution in [3.63, 3.8) is 0 Å². The molecule has 0 aromatic heterocycles. The van der Waals surface area contributed by atoms with Crippen molar-refractivity contribution in [2.24, 2.45) is 0 Å². The largest absolute Gasteiger partial charge is 0.493 e. The fourth-order valence-electron chi connectivity index (χ4n) is 1.30. The quantitative estimate of drug-likeness (QED) is 0.502. The van der Waals surface area contributed by atoms with Crippen LogP contribution in [0.3, 0.4) is 0 Å². The predicted octanol–water partition coefficient (Wildman–Crippen LogP) is 2.77. The van der Waals surface area contributed by atoms with Gasteiger partial charge in [0.15, 0.2) is 0 Å². The lowest BCUT2D eigenvalue weighted by Crippen LogP contribution is -2.07. The van der Waals surface area contributed by atoms with Crippen molar-refractivity contribution in [1.82, 2.24) is 0 Å². The van der Waals surface area contributed by atoms with Crippen molar-refractivity contribution < 1.29 is 4.74 Å². The van der Waals surface area contributed by atoms with Crippen LogP contribution in [-0.2, 0) is 6.42 Å². The normalized spacial score (nSPS) is 12.9. The Balaban J connectivity index is 0.000000213. The zero-order valence-corrected chi connectivity index (χ0v) is 9.56. The Morgan fingerprint density at radius 2 is 2.14 bits per heavy atom. The van der Waals surface area contributed by atoms with Gasteiger partial charge in [0.2, 0.25) is 0 Å². The molecule has 0 atom stereocenters. The molecule has 1 aliphatic heterocycles. The van der Waals surface area contributed by atoms with Gasteiger partial charge in [-0.15, -0.1) is 17.9 Å². The van der Waals surface area contributed by atoms with Crippen LogP contribution < -0.4 is 4.74 Å². The van der Waals surface area contributed by atoms with Crippen LogP contribution in [0.15, 0.2) is 36.9 Å². The minimum atomic E-state index is 0.886. The van der Waals surface area contributed by atoms with Crippen LogP contribution in [0.2, 0.25) is 5.28 Å². The van der Waals surface area contributed by atoms with Crippen LogP contribution in [0.1, 0.15) is 12.0 Å². The summed E-state index contributed by atoms with van der Waals surface area (Å²) in [6.07, 6.45) is 4.18. The molecule has 2 radical (unpaired) electrons. The van der Waals surface area contributed by atoms with E-state index < -0.39 is 0 Å². The van der Waals surface area contributed by atoms with Gasteiger partial charge >= 0.3 is 0 Å². The van der Waals surface area contributed by atoms with E-state index in [4.69, 9.17) is 4.74 Å². The molecule has 0 spiro atoms. The molecule has 1 aromatic rings. The molecular formula is C12H15AlO. The minimum Gasteiger partial charge on any atom is -0.493 e. The zero-order chi connectivity index (χ0) is 10.2. The molecule has 0 unspecified atom stereocenters. The van der Waals surface area contributed by atoms with Crippen LogP contribution >= 0.6 is 0 Å². The Bertz CT molecular complexity index is 258. The molecule has 72 valence electrons. The first-order chi connectivity index (χ1) is 6.88. The molecule has 0 saturated heterocycles. The standard InChI is InChI=1S/C9H10O.C3H5.Al/c1-2-6-9-8(4-1)5-3-7-10-9;1-3-2;/h1-2,4,6H,3,5,7H2;3H,1-2H2;. The van der Waals surface area contributed by atoms with Crippen LogP contribution in [0.25, 0.3) is 0 Å². The second-order valence-electron chi connectivity index (χ2n) is 3.08. The van der Waals surface area contributed by atoms with Gasteiger partial charge in [-0.05, 0) is 24.5 Å². The van der Waals surface area contributed by atoms with Crippen LogP contribution in [0, 0.1) is 0 Å². The Morgan fingerprint density at radius 3 is 2.79 bits per heavy atom. The maximum Gasteiger partial charge on any atom is 0.124 e. The van der Waals surface area contributed by atoms with E-state index in [-0.39, 0.29) is 0 Å². The molecule has 1 nitrogen and oxygen atoms in total. The van der Waals surface area contributed by atoms with Crippen molar-refractivity contribution in [1.29, 1.82) is 0 Å². The predicted molar refractivity (Wildman–Crippen MR) is 61.0 cm³/mol. The number of hydrogen-bond acceptors (Lipinski definition) is 1. The van der Waals surface area contributed by atoms with Crippen molar-refractivity contribution >= 4 is 16.3 Å². The summed E-state index contributed by atoms with van der Waals surface area (Å²) in [5.41, 5.74) is 1.36. The van der Waals surface area contributed by atoms with Crippen LogP contribution in [0.4, 0.5) is 0 Å². The molecule has 14 heavy (non-hydrogen) atoms. The van der Waals surface area contributed by atoms with Crippen molar-refractivity contribution in [3.8, 4) is 5.75 Å². The monoisotopic (exact) mass is 202 g/mol. The summed E-state index contributed by atoms with van der Waals surface area (Å²) in [6, 6.07) is 8.25. The van der Waals surface area contributed by atoms with Gasteiger partial charge in [-0.25, -0.2) is 0 Å². The highest BCUT2D eigenvalue weighted by Gasteiger charge is 2.06. The first-order valence-corrected chi connectivity index (χ1v) is 5.71. The summed E-state index contributed by atoms with van der Waals surface area (Å²) in [4.78, 5) is 0. The maximum atomic E-state index is 5.42. The summed E-state index contributed by atoms with van der Waals surface area (Å²) in [7, 11) is 0. The fourth-order valence-corrected chi connectivity index (χ4v) is 1.30. The second-order valence-corrected chi connectivity index (χ2v) is 3.56. The molecule has 0 N–H and O–H groups in total. The van der Waals surface area contributed by atoms with Gasteiger partial charge in [0.1, 0.15) is 22.0 Å². The van der Waals surface area contributed by atoms with E-state index in [1.165, 1.54) is 12.0 Å². The number of ether oxygens (including phenoxy) is 1. The third-order valence-corrected chi connectivity index (χ3v) is 2.32. The Labute approximate surface area is 94.2 Å². The molecule has 1 heterocycles. The Morgan fingerprint density at radius 1 is 1.43 bits per heavy atom. The van der Waals surface area contributed by atoms with Gasteiger partial charge < -0.3 is 4.74 Å². The van der Waals surface area contributed by atoms with Crippen LogP contribution in [-0.4, -0.2) is 22.9 Å². The van der Waals surface area contributed by atoms with E-state index in [1.54, 1.807) is 0 Å². The van der Waals surface area contributed by atoms with Crippen molar-refractivity contribution in [3.05, 3.63) is 42.5 Å². The van der Waals surface area contributed by atoms with Gasteiger partial charge in [0, 0.05) is 0 Å². The third-order valence-electron chi connectivity index (χ3n) is 1.99. The highest BCUT2D eigenvalue weighted by Crippen LogP contribution is 2.22. The average Bonchev–Trinajstić information content (AvgIpc) is 2.30. The molecule has 2 rings (SSSR count). The second kappa shape index (κ2) is 6.70. The lowest BCUT2D eigenvalue weighted by molar-refractivity contribution is 0.288. The molecule has 0 fully saturated rings. The molecule has 2 heteroatoms. The number of fused-ring (bicyclic) bond motifs is 1. The molecule has 0 aliphatic carbocycles.